The van der Waals surface area contributed by atoms with Gasteiger partial charge in [-0.3, -0.25) is 4.79 Å². The van der Waals surface area contributed by atoms with E-state index in [0.717, 1.165) is 24.2 Å². The fourth-order valence-electron chi connectivity index (χ4n) is 2.22. The number of carbonyl (C=O) groups is 2. The lowest BCUT2D eigenvalue weighted by atomic mass is 9.84. The summed E-state index contributed by atoms with van der Waals surface area (Å²) in [5.41, 5.74) is -0.924. The van der Waals surface area contributed by atoms with Crippen LogP contribution in [-0.4, -0.2) is 20.1 Å². The SMILES string of the molecule is CCC(=O)C(C)(C)/C(=C/C(=O)[O-])O[Si](CC)(CC)CC. The maximum atomic E-state index is 12.1. The highest BCUT2D eigenvalue weighted by atomic mass is 28.4. The molecule has 0 aliphatic carbocycles. The van der Waals surface area contributed by atoms with E-state index in [1.54, 1.807) is 20.8 Å². The van der Waals surface area contributed by atoms with Crippen molar-refractivity contribution in [1.82, 2.24) is 0 Å². The van der Waals surface area contributed by atoms with Crippen LogP contribution in [0.4, 0.5) is 0 Å². The minimum absolute atomic E-state index is 0.0313. The van der Waals surface area contributed by atoms with E-state index in [2.05, 4.69) is 20.8 Å². The summed E-state index contributed by atoms with van der Waals surface area (Å²) >= 11 is 0. The van der Waals surface area contributed by atoms with Gasteiger partial charge in [-0.2, -0.15) is 0 Å². The summed E-state index contributed by atoms with van der Waals surface area (Å²) in [4.78, 5) is 23.0. The fraction of sp³-hybridized carbons (Fsp3) is 0.733. The predicted octanol–water partition coefficient (Wildman–Crippen LogP) is 2.65. The molecule has 0 fully saturated rings. The second kappa shape index (κ2) is 7.62. The van der Waals surface area contributed by atoms with Gasteiger partial charge < -0.3 is 14.3 Å². The van der Waals surface area contributed by atoms with Gasteiger partial charge in [0.1, 0.15) is 5.78 Å². The van der Waals surface area contributed by atoms with E-state index in [1.807, 2.05) is 0 Å². The Kier molecular flexibility index (Phi) is 7.20. The molecule has 116 valence electrons. The predicted molar refractivity (Wildman–Crippen MR) is 80.5 cm³/mol. The van der Waals surface area contributed by atoms with Crippen molar-refractivity contribution in [3.05, 3.63) is 11.8 Å². The monoisotopic (exact) mass is 299 g/mol. The number of aliphatic carboxylic acids is 1. The van der Waals surface area contributed by atoms with Crippen LogP contribution in [0.5, 0.6) is 0 Å². The minimum Gasteiger partial charge on any atom is -0.546 e. The van der Waals surface area contributed by atoms with Crippen LogP contribution in [0.2, 0.25) is 18.1 Å². The highest BCUT2D eigenvalue weighted by molar-refractivity contribution is 6.73. The van der Waals surface area contributed by atoms with E-state index in [9.17, 15) is 14.7 Å². The summed E-state index contributed by atoms with van der Waals surface area (Å²) in [7, 11) is -2.03. The van der Waals surface area contributed by atoms with E-state index in [4.69, 9.17) is 4.43 Å². The van der Waals surface area contributed by atoms with E-state index < -0.39 is 19.7 Å². The van der Waals surface area contributed by atoms with Crippen LogP contribution in [0.1, 0.15) is 48.0 Å². The third-order valence-electron chi connectivity index (χ3n) is 4.14. The van der Waals surface area contributed by atoms with Gasteiger partial charge >= 0.3 is 0 Å². The lowest BCUT2D eigenvalue weighted by molar-refractivity contribution is -0.297. The van der Waals surface area contributed by atoms with Crippen LogP contribution < -0.4 is 5.11 Å². The molecule has 0 amide bonds. The summed E-state index contributed by atoms with van der Waals surface area (Å²) < 4.78 is 6.14. The van der Waals surface area contributed by atoms with Crippen LogP contribution >= 0.6 is 0 Å². The first kappa shape index (κ1) is 18.9. The molecule has 0 aliphatic rings. The third kappa shape index (κ3) is 4.47. The molecular formula is C15H27O4Si-. The molecule has 0 aromatic heterocycles. The lowest BCUT2D eigenvalue weighted by Crippen LogP contribution is -2.40. The second-order valence-electron chi connectivity index (χ2n) is 5.58. The number of carboxylic acid groups (broad SMARTS) is 1. The van der Waals surface area contributed by atoms with Crippen LogP contribution in [0.25, 0.3) is 0 Å². The van der Waals surface area contributed by atoms with Crippen LogP contribution in [-0.2, 0) is 14.0 Å². The maximum absolute atomic E-state index is 12.1. The van der Waals surface area contributed by atoms with E-state index in [1.165, 1.54) is 0 Å². The molecule has 0 saturated heterocycles. The van der Waals surface area contributed by atoms with Crippen LogP contribution in [0, 0.1) is 5.41 Å². The van der Waals surface area contributed by atoms with Gasteiger partial charge in [-0.25, -0.2) is 0 Å². The molecule has 4 nitrogen and oxygen atoms in total. The zero-order valence-electron chi connectivity index (χ0n) is 13.5. The van der Waals surface area contributed by atoms with E-state index in [0.29, 0.717) is 6.42 Å². The number of Topliss-reactive ketones (excluding diaryl/α,β-unsaturated/α-hetero) is 1. The number of hydrogen-bond acceptors (Lipinski definition) is 4. The van der Waals surface area contributed by atoms with Crippen molar-refractivity contribution in [2.45, 2.75) is 66.1 Å². The van der Waals surface area contributed by atoms with Gasteiger partial charge in [0.2, 0.25) is 8.32 Å². The standard InChI is InChI=1S/C15H28O4Si/c1-7-12(16)15(5,6)13(11-14(17)18)19-20(8-2,9-3)10-4/h11H,7-10H2,1-6H3,(H,17,18)/p-1/b13-11-. The average molecular weight is 299 g/mol. The van der Waals surface area contributed by atoms with Crippen molar-refractivity contribution in [1.29, 1.82) is 0 Å². The van der Waals surface area contributed by atoms with E-state index in [-0.39, 0.29) is 11.5 Å². The van der Waals surface area contributed by atoms with Gasteiger partial charge in [0.25, 0.3) is 0 Å². The number of hydrogen-bond donors (Lipinski definition) is 0. The molecule has 0 spiro atoms. The van der Waals surface area contributed by atoms with Crippen LogP contribution in [0.3, 0.4) is 0 Å². The van der Waals surface area contributed by atoms with Gasteiger partial charge in [0.15, 0.2) is 0 Å². The number of allylic oxidation sites excluding steroid dienone is 1. The first-order chi connectivity index (χ1) is 9.19. The maximum Gasteiger partial charge on any atom is 0.250 e. The Bertz CT molecular complexity index is 373. The molecule has 20 heavy (non-hydrogen) atoms. The number of carboxylic acids is 1. The minimum atomic E-state index is -2.03. The average Bonchev–Trinajstić information content (AvgIpc) is 2.42. The third-order valence-corrected chi connectivity index (χ3v) is 8.66. The molecule has 0 aromatic rings. The van der Waals surface area contributed by atoms with E-state index >= 15 is 0 Å². The molecule has 0 saturated carbocycles. The van der Waals surface area contributed by atoms with Crippen molar-refractivity contribution in [2.24, 2.45) is 5.41 Å². The molecular weight excluding hydrogens is 272 g/mol. The first-order valence-corrected chi connectivity index (χ1v) is 9.87. The Balaban J connectivity index is 5.61. The molecule has 0 N–H and O–H groups in total. The Labute approximate surface area is 123 Å². The van der Waals surface area contributed by atoms with Gasteiger partial charge in [0, 0.05) is 6.42 Å². The second-order valence-corrected chi connectivity index (χ2v) is 10.3. The number of carbonyl (C=O) groups excluding carboxylic acids is 2. The summed E-state index contributed by atoms with van der Waals surface area (Å²) in [5, 5.41) is 11.0. The zero-order chi connectivity index (χ0) is 16.0. The molecule has 0 rings (SSSR count). The number of rotatable bonds is 9. The quantitative estimate of drug-likeness (QED) is 0.373. The molecule has 0 aromatic carbocycles. The Hall–Kier alpha value is -1.10. The van der Waals surface area contributed by atoms with Crippen LogP contribution in [0.15, 0.2) is 11.8 Å². The van der Waals surface area contributed by atoms with Crippen molar-refractivity contribution in [3.63, 3.8) is 0 Å². The van der Waals surface area contributed by atoms with Gasteiger partial charge in [-0.05, 0) is 38.1 Å². The Morgan fingerprint density at radius 1 is 1.10 bits per heavy atom. The normalized spacial score (nSPS) is 13.2. The Morgan fingerprint density at radius 2 is 1.55 bits per heavy atom. The van der Waals surface area contributed by atoms with Crippen molar-refractivity contribution in [3.8, 4) is 0 Å². The van der Waals surface area contributed by atoms with Gasteiger partial charge in [0.05, 0.1) is 17.1 Å². The summed E-state index contributed by atoms with van der Waals surface area (Å²) in [6, 6.07) is 2.67. The summed E-state index contributed by atoms with van der Waals surface area (Å²) in [5.74, 6) is -1.10. The molecule has 0 heterocycles. The molecule has 5 heteroatoms. The highest BCUT2D eigenvalue weighted by Gasteiger charge is 2.38. The summed E-state index contributed by atoms with van der Waals surface area (Å²) in [6.07, 6.45) is 1.30. The highest BCUT2D eigenvalue weighted by Crippen LogP contribution is 2.35. The molecule has 0 aliphatic heterocycles. The largest absolute Gasteiger partial charge is 0.546 e. The molecule has 0 bridgehead atoms. The topological polar surface area (TPSA) is 66.4 Å². The van der Waals surface area contributed by atoms with Crippen molar-refractivity contribution in [2.75, 3.05) is 0 Å². The molecule has 0 unspecified atom stereocenters. The lowest BCUT2D eigenvalue weighted by Gasteiger charge is -2.36. The smallest absolute Gasteiger partial charge is 0.250 e. The van der Waals surface area contributed by atoms with Crippen molar-refractivity contribution >= 4 is 20.1 Å². The molecule has 0 atom stereocenters. The number of ketones is 1. The van der Waals surface area contributed by atoms with Gasteiger partial charge in [-0.1, -0.05) is 27.7 Å². The zero-order valence-corrected chi connectivity index (χ0v) is 14.5. The summed E-state index contributed by atoms with van der Waals surface area (Å²) in [6.45, 7) is 11.4. The molecule has 0 radical (unpaired) electrons. The first-order valence-electron chi connectivity index (χ1n) is 7.34. The van der Waals surface area contributed by atoms with Gasteiger partial charge in [-0.15, -0.1) is 0 Å². The van der Waals surface area contributed by atoms with Crippen molar-refractivity contribution < 1.29 is 19.1 Å². The fourth-order valence-corrected chi connectivity index (χ4v) is 4.94. The Morgan fingerprint density at radius 3 is 1.85 bits per heavy atom.